The van der Waals surface area contributed by atoms with Crippen LogP contribution in [-0.4, -0.2) is 22.4 Å². The molecule has 39 heavy (non-hydrogen) atoms. The van der Waals surface area contributed by atoms with E-state index in [2.05, 4.69) is 26.1 Å². The van der Waals surface area contributed by atoms with E-state index < -0.39 is 16.6 Å². The minimum atomic E-state index is -0.562. The molecule has 0 radical (unpaired) electrons. The van der Waals surface area contributed by atoms with Crippen LogP contribution in [0.1, 0.15) is 68.5 Å². The molecule has 0 saturated carbocycles. The van der Waals surface area contributed by atoms with Crippen molar-refractivity contribution in [3.05, 3.63) is 128 Å². The number of carbonyl (C=O) groups is 3. The lowest BCUT2D eigenvalue weighted by atomic mass is 9.83. The zero-order valence-corrected chi connectivity index (χ0v) is 21.5. The number of benzene rings is 4. The number of ketones is 2. The number of anilines is 1. The molecule has 0 fully saturated rings. The molecule has 4 aromatic carbocycles. The Kier molecular flexibility index (Phi) is 6.32. The number of non-ortho nitro benzene ring substituents is 1. The standard InChI is InChI=1S/C31H24N2O6/c1-31(2,3)19-10-14-21(15-11-19)39-29-25(32-30(36)18-8-12-20(13-9-18)33(37)38)17-16-24-26(29)28(35)23-7-5-4-6-22(23)27(24)34/h4-17H,1-3H3,(H,32,36). The van der Waals surface area contributed by atoms with Gasteiger partial charge in [0.05, 0.1) is 16.2 Å². The highest BCUT2D eigenvalue weighted by Crippen LogP contribution is 2.41. The van der Waals surface area contributed by atoms with Gasteiger partial charge in [0.2, 0.25) is 0 Å². The Morgan fingerprint density at radius 2 is 1.41 bits per heavy atom. The maximum absolute atomic E-state index is 13.7. The van der Waals surface area contributed by atoms with E-state index in [0.29, 0.717) is 11.3 Å². The van der Waals surface area contributed by atoms with Gasteiger partial charge in [0.25, 0.3) is 11.6 Å². The molecule has 1 N–H and O–H groups in total. The van der Waals surface area contributed by atoms with Crippen LogP contribution in [0.5, 0.6) is 11.5 Å². The molecule has 4 aromatic rings. The average molecular weight is 521 g/mol. The Morgan fingerprint density at radius 1 is 0.795 bits per heavy atom. The maximum atomic E-state index is 13.7. The van der Waals surface area contributed by atoms with Crippen LogP contribution >= 0.6 is 0 Å². The molecule has 1 aliphatic rings. The summed E-state index contributed by atoms with van der Waals surface area (Å²) >= 11 is 0. The first-order valence-electron chi connectivity index (χ1n) is 12.2. The van der Waals surface area contributed by atoms with Crippen molar-refractivity contribution >= 4 is 28.8 Å². The first kappa shape index (κ1) is 25.5. The van der Waals surface area contributed by atoms with E-state index in [1.165, 1.54) is 36.4 Å². The smallest absolute Gasteiger partial charge is 0.269 e. The summed E-state index contributed by atoms with van der Waals surface area (Å²) in [6, 6.07) is 22.1. The number of amides is 1. The van der Waals surface area contributed by atoms with E-state index in [1.54, 1.807) is 36.4 Å². The molecule has 0 aliphatic heterocycles. The second-order valence-electron chi connectivity index (χ2n) is 10.2. The van der Waals surface area contributed by atoms with Gasteiger partial charge < -0.3 is 10.1 Å². The van der Waals surface area contributed by atoms with E-state index in [0.717, 1.165) is 5.56 Å². The number of fused-ring (bicyclic) bond motifs is 2. The number of nitrogens with one attached hydrogen (secondary N) is 1. The monoisotopic (exact) mass is 520 g/mol. The highest BCUT2D eigenvalue weighted by Gasteiger charge is 2.34. The van der Waals surface area contributed by atoms with Gasteiger partial charge in [0.15, 0.2) is 17.3 Å². The van der Waals surface area contributed by atoms with Crippen LogP contribution in [0.15, 0.2) is 84.9 Å². The third kappa shape index (κ3) is 4.80. The largest absolute Gasteiger partial charge is 0.454 e. The molecule has 1 aliphatic carbocycles. The van der Waals surface area contributed by atoms with Crippen molar-refractivity contribution < 1.29 is 24.0 Å². The fourth-order valence-corrected chi connectivity index (χ4v) is 4.43. The summed E-state index contributed by atoms with van der Waals surface area (Å²) in [7, 11) is 0. The lowest BCUT2D eigenvalue weighted by Gasteiger charge is -2.23. The number of hydrogen-bond donors (Lipinski definition) is 1. The van der Waals surface area contributed by atoms with Crippen molar-refractivity contribution in [1.29, 1.82) is 0 Å². The van der Waals surface area contributed by atoms with Crippen molar-refractivity contribution in [2.75, 3.05) is 5.32 Å². The van der Waals surface area contributed by atoms with Crippen molar-refractivity contribution in [1.82, 2.24) is 0 Å². The minimum Gasteiger partial charge on any atom is -0.454 e. The van der Waals surface area contributed by atoms with E-state index >= 15 is 0 Å². The number of hydrogen-bond acceptors (Lipinski definition) is 6. The Hall–Kier alpha value is -5.11. The number of nitro benzene ring substituents is 1. The molecule has 0 spiro atoms. The molecular weight excluding hydrogens is 496 g/mol. The summed E-state index contributed by atoms with van der Waals surface area (Å²) < 4.78 is 6.22. The number of rotatable bonds is 5. The minimum absolute atomic E-state index is 0.0409. The van der Waals surface area contributed by atoms with Gasteiger partial charge in [-0.15, -0.1) is 0 Å². The quantitative estimate of drug-likeness (QED) is 0.203. The summed E-state index contributed by atoms with van der Waals surface area (Å²) in [5, 5.41) is 13.7. The third-order valence-electron chi connectivity index (χ3n) is 6.57. The summed E-state index contributed by atoms with van der Waals surface area (Å²) in [4.78, 5) is 50.5. The van der Waals surface area contributed by atoms with Gasteiger partial charge >= 0.3 is 0 Å². The van der Waals surface area contributed by atoms with E-state index in [4.69, 9.17) is 4.74 Å². The van der Waals surface area contributed by atoms with E-state index in [9.17, 15) is 24.5 Å². The summed E-state index contributed by atoms with van der Waals surface area (Å²) in [6.07, 6.45) is 0. The van der Waals surface area contributed by atoms with Gasteiger partial charge in [-0.3, -0.25) is 24.5 Å². The van der Waals surface area contributed by atoms with Crippen molar-refractivity contribution in [3.63, 3.8) is 0 Å². The molecule has 0 aromatic heterocycles. The molecule has 194 valence electrons. The molecular formula is C31H24N2O6. The molecule has 0 saturated heterocycles. The summed E-state index contributed by atoms with van der Waals surface area (Å²) in [5.41, 5.74) is 1.99. The van der Waals surface area contributed by atoms with E-state index in [-0.39, 0.29) is 50.6 Å². The highest BCUT2D eigenvalue weighted by atomic mass is 16.6. The molecule has 0 unspecified atom stereocenters. The highest BCUT2D eigenvalue weighted by molar-refractivity contribution is 6.30. The fraction of sp³-hybridized carbons (Fsp3) is 0.129. The maximum Gasteiger partial charge on any atom is 0.269 e. The number of nitro groups is 1. The van der Waals surface area contributed by atoms with Gasteiger partial charge in [-0.2, -0.15) is 0 Å². The molecule has 0 heterocycles. The zero-order chi connectivity index (χ0) is 27.9. The fourth-order valence-electron chi connectivity index (χ4n) is 4.43. The molecule has 0 bridgehead atoms. The Morgan fingerprint density at radius 3 is 2.00 bits per heavy atom. The molecule has 5 rings (SSSR count). The van der Waals surface area contributed by atoms with Crippen LogP contribution in [0.3, 0.4) is 0 Å². The Labute approximate surface area is 224 Å². The van der Waals surface area contributed by atoms with Crippen LogP contribution in [0.2, 0.25) is 0 Å². The molecule has 1 amide bonds. The van der Waals surface area contributed by atoms with Crippen LogP contribution in [0.4, 0.5) is 11.4 Å². The van der Waals surface area contributed by atoms with Gasteiger partial charge in [-0.05, 0) is 47.4 Å². The second-order valence-corrected chi connectivity index (χ2v) is 10.2. The Bertz CT molecular complexity index is 1650. The van der Waals surface area contributed by atoms with E-state index in [1.807, 2.05) is 12.1 Å². The zero-order valence-electron chi connectivity index (χ0n) is 21.5. The van der Waals surface area contributed by atoms with Gasteiger partial charge in [-0.25, -0.2) is 0 Å². The number of carbonyl (C=O) groups excluding carboxylic acids is 3. The summed E-state index contributed by atoms with van der Waals surface area (Å²) in [5.74, 6) is -0.817. The average Bonchev–Trinajstić information content (AvgIpc) is 2.92. The molecule has 0 atom stereocenters. The third-order valence-corrected chi connectivity index (χ3v) is 6.57. The number of nitrogens with zero attached hydrogens (tertiary/aromatic N) is 1. The van der Waals surface area contributed by atoms with Crippen LogP contribution in [0, 0.1) is 10.1 Å². The topological polar surface area (TPSA) is 116 Å². The predicted octanol–water partition coefficient (Wildman–Crippen LogP) is 6.71. The van der Waals surface area contributed by atoms with Crippen LogP contribution < -0.4 is 10.1 Å². The van der Waals surface area contributed by atoms with Gasteiger partial charge in [-0.1, -0.05) is 57.2 Å². The Balaban J connectivity index is 1.59. The van der Waals surface area contributed by atoms with Crippen LogP contribution in [-0.2, 0) is 5.41 Å². The van der Waals surface area contributed by atoms with Crippen molar-refractivity contribution in [2.45, 2.75) is 26.2 Å². The normalized spacial score (nSPS) is 12.4. The molecule has 8 nitrogen and oxygen atoms in total. The van der Waals surface area contributed by atoms with Crippen molar-refractivity contribution in [3.8, 4) is 11.5 Å². The van der Waals surface area contributed by atoms with Crippen molar-refractivity contribution in [2.24, 2.45) is 0 Å². The van der Waals surface area contributed by atoms with Crippen LogP contribution in [0.25, 0.3) is 0 Å². The van der Waals surface area contributed by atoms with Gasteiger partial charge in [0.1, 0.15) is 5.75 Å². The molecule has 8 heteroatoms. The first-order valence-corrected chi connectivity index (χ1v) is 12.2. The lowest BCUT2D eigenvalue weighted by molar-refractivity contribution is -0.384. The first-order chi connectivity index (χ1) is 18.5. The lowest BCUT2D eigenvalue weighted by Crippen LogP contribution is -2.23. The summed E-state index contributed by atoms with van der Waals surface area (Å²) in [6.45, 7) is 6.26. The number of ether oxygens (including phenoxy) is 1. The SMILES string of the molecule is CC(C)(C)c1ccc(Oc2c(NC(=O)c3ccc([N+](=O)[O-])cc3)ccc3c2C(=O)c2ccccc2C3=O)cc1. The van der Waals surface area contributed by atoms with Gasteiger partial charge in [0, 0.05) is 34.4 Å². The predicted molar refractivity (Wildman–Crippen MR) is 146 cm³/mol. The second kappa shape index (κ2) is 9.64.